The van der Waals surface area contributed by atoms with E-state index >= 15 is 0 Å². The zero-order valence-electron chi connectivity index (χ0n) is 16.7. The van der Waals surface area contributed by atoms with Crippen molar-refractivity contribution < 1.29 is 14.2 Å². The van der Waals surface area contributed by atoms with Crippen molar-refractivity contribution in [3.05, 3.63) is 29.2 Å². The Labute approximate surface area is 158 Å². The predicted octanol–water partition coefficient (Wildman–Crippen LogP) is 3.18. The van der Waals surface area contributed by atoms with Gasteiger partial charge in [0.05, 0.1) is 38.5 Å². The van der Waals surface area contributed by atoms with Crippen LogP contribution in [0.4, 0.5) is 5.82 Å². The van der Waals surface area contributed by atoms with E-state index in [4.69, 9.17) is 14.2 Å². The number of methoxy groups -OCH3 is 3. The number of aromatic nitrogens is 4. The molecule has 27 heavy (non-hydrogen) atoms. The molecular formula is C19H25N5O3. The predicted molar refractivity (Wildman–Crippen MR) is 104 cm³/mol. The molecule has 3 aromatic rings. The van der Waals surface area contributed by atoms with Crippen LogP contribution < -0.4 is 19.5 Å². The summed E-state index contributed by atoms with van der Waals surface area (Å²) in [4.78, 5) is 9.10. The molecule has 0 aliphatic carbocycles. The SMILES string of the molecule is COc1cc(C(C)Nc2nc(C)nc3c2c(C)nn3C)cc(OC)c1OC. The smallest absolute Gasteiger partial charge is 0.203 e. The standard InChI is InChI=1S/C19H25N5O3/c1-10(13-8-14(25-5)17(27-7)15(9-13)26-6)20-18-16-11(2)23-24(4)19(16)22-12(3)21-18/h8-10H,1-7H3,(H,20,21,22). The summed E-state index contributed by atoms with van der Waals surface area (Å²) in [5.41, 5.74) is 2.67. The first-order valence-electron chi connectivity index (χ1n) is 8.64. The van der Waals surface area contributed by atoms with Crippen molar-refractivity contribution in [3.8, 4) is 17.2 Å². The van der Waals surface area contributed by atoms with Crippen LogP contribution in [0.1, 0.15) is 30.0 Å². The largest absolute Gasteiger partial charge is 0.493 e. The molecule has 0 saturated heterocycles. The number of nitrogens with one attached hydrogen (secondary N) is 1. The molecular weight excluding hydrogens is 346 g/mol. The van der Waals surface area contributed by atoms with Crippen LogP contribution in [0.5, 0.6) is 17.2 Å². The van der Waals surface area contributed by atoms with Crippen molar-refractivity contribution in [2.45, 2.75) is 26.8 Å². The molecule has 1 aromatic carbocycles. The Bertz CT molecular complexity index is 958. The van der Waals surface area contributed by atoms with Gasteiger partial charge < -0.3 is 19.5 Å². The first-order chi connectivity index (χ1) is 12.9. The Morgan fingerprint density at radius 3 is 2.19 bits per heavy atom. The fraction of sp³-hybridized carbons (Fsp3) is 0.421. The molecule has 8 heteroatoms. The Hall–Kier alpha value is -3.03. The second-order valence-corrected chi connectivity index (χ2v) is 6.35. The van der Waals surface area contributed by atoms with Crippen LogP contribution in [0.25, 0.3) is 11.0 Å². The van der Waals surface area contributed by atoms with Crippen LogP contribution in [0.15, 0.2) is 12.1 Å². The fourth-order valence-electron chi connectivity index (χ4n) is 3.19. The van der Waals surface area contributed by atoms with Crippen molar-refractivity contribution in [1.29, 1.82) is 0 Å². The lowest BCUT2D eigenvalue weighted by molar-refractivity contribution is 0.323. The van der Waals surface area contributed by atoms with Crippen LogP contribution in [0.3, 0.4) is 0 Å². The molecule has 0 spiro atoms. The van der Waals surface area contributed by atoms with Crippen molar-refractivity contribution in [2.24, 2.45) is 7.05 Å². The molecule has 0 aliphatic rings. The van der Waals surface area contributed by atoms with Gasteiger partial charge in [-0.05, 0) is 38.5 Å². The lowest BCUT2D eigenvalue weighted by Crippen LogP contribution is -2.10. The average molecular weight is 371 g/mol. The zero-order valence-corrected chi connectivity index (χ0v) is 16.7. The van der Waals surface area contributed by atoms with Crippen molar-refractivity contribution in [1.82, 2.24) is 19.7 Å². The van der Waals surface area contributed by atoms with Gasteiger partial charge in [-0.2, -0.15) is 5.10 Å². The minimum Gasteiger partial charge on any atom is -0.493 e. The molecule has 1 unspecified atom stereocenters. The van der Waals surface area contributed by atoms with Crippen molar-refractivity contribution in [3.63, 3.8) is 0 Å². The molecule has 144 valence electrons. The molecule has 0 radical (unpaired) electrons. The molecule has 1 N–H and O–H groups in total. The lowest BCUT2D eigenvalue weighted by atomic mass is 10.1. The third-order valence-corrected chi connectivity index (χ3v) is 4.51. The summed E-state index contributed by atoms with van der Waals surface area (Å²) >= 11 is 0. The van der Waals surface area contributed by atoms with E-state index < -0.39 is 0 Å². The minimum absolute atomic E-state index is 0.0594. The van der Waals surface area contributed by atoms with Crippen LogP contribution in [-0.4, -0.2) is 41.1 Å². The second kappa shape index (κ2) is 7.30. The van der Waals surface area contributed by atoms with Gasteiger partial charge in [0.15, 0.2) is 17.1 Å². The number of nitrogens with zero attached hydrogens (tertiary/aromatic N) is 4. The summed E-state index contributed by atoms with van der Waals surface area (Å²) < 4.78 is 18.1. The normalized spacial score (nSPS) is 12.1. The highest BCUT2D eigenvalue weighted by Gasteiger charge is 2.19. The molecule has 2 heterocycles. The van der Waals surface area contributed by atoms with E-state index in [2.05, 4.69) is 27.3 Å². The average Bonchev–Trinajstić information content (AvgIpc) is 2.93. The summed E-state index contributed by atoms with van der Waals surface area (Å²) in [6, 6.07) is 3.80. The number of hydrogen-bond donors (Lipinski definition) is 1. The number of ether oxygens (including phenoxy) is 3. The van der Waals surface area contributed by atoms with E-state index in [0.29, 0.717) is 23.1 Å². The van der Waals surface area contributed by atoms with Gasteiger partial charge >= 0.3 is 0 Å². The minimum atomic E-state index is -0.0594. The van der Waals surface area contributed by atoms with Crippen LogP contribution in [0.2, 0.25) is 0 Å². The molecule has 1 atom stereocenters. The fourth-order valence-corrected chi connectivity index (χ4v) is 3.19. The maximum atomic E-state index is 5.46. The van der Waals surface area contributed by atoms with Gasteiger partial charge in [-0.3, -0.25) is 4.68 Å². The van der Waals surface area contributed by atoms with E-state index in [0.717, 1.165) is 28.1 Å². The summed E-state index contributed by atoms with van der Waals surface area (Å²) in [5.74, 6) is 3.23. The van der Waals surface area contributed by atoms with Crippen LogP contribution >= 0.6 is 0 Å². The Kier molecular flexibility index (Phi) is 5.07. The highest BCUT2D eigenvalue weighted by Crippen LogP contribution is 2.40. The quantitative estimate of drug-likeness (QED) is 0.712. The molecule has 0 saturated carbocycles. The van der Waals surface area contributed by atoms with E-state index in [1.165, 1.54) is 0 Å². The van der Waals surface area contributed by atoms with Crippen LogP contribution in [-0.2, 0) is 7.05 Å². The first-order valence-corrected chi connectivity index (χ1v) is 8.64. The first kappa shape index (κ1) is 18.8. The molecule has 8 nitrogen and oxygen atoms in total. The Balaban J connectivity index is 2.04. The topological polar surface area (TPSA) is 83.3 Å². The summed E-state index contributed by atoms with van der Waals surface area (Å²) in [6.07, 6.45) is 0. The third-order valence-electron chi connectivity index (χ3n) is 4.51. The number of hydrogen-bond acceptors (Lipinski definition) is 7. The maximum absolute atomic E-state index is 5.46. The van der Waals surface area contributed by atoms with E-state index in [-0.39, 0.29) is 6.04 Å². The monoisotopic (exact) mass is 371 g/mol. The summed E-state index contributed by atoms with van der Waals surface area (Å²) in [6.45, 7) is 5.88. The number of aryl methyl sites for hydroxylation is 3. The molecule has 3 rings (SSSR count). The van der Waals surface area contributed by atoms with Crippen molar-refractivity contribution >= 4 is 16.9 Å². The van der Waals surface area contributed by atoms with E-state index in [9.17, 15) is 0 Å². The third kappa shape index (κ3) is 3.34. The maximum Gasteiger partial charge on any atom is 0.203 e. The number of anilines is 1. The van der Waals surface area contributed by atoms with Crippen molar-refractivity contribution in [2.75, 3.05) is 26.6 Å². The molecule has 2 aromatic heterocycles. The zero-order chi connectivity index (χ0) is 19.7. The molecule has 0 amide bonds. The number of benzene rings is 1. The van der Waals surface area contributed by atoms with Gasteiger partial charge in [0, 0.05) is 7.05 Å². The van der Waals surface area contributed by atoms with Gasteiger partial charge in [0.2, 0.25) is 5.75 Å². The molecule has 0 aliphatic heterocycles. The van der Waals surface area contributed by atoms with E-state index in [1.807, 2.05) is 33.0 Å². The Morgan fingerprint density at radius 2 is 1.63 bits per heavy atom. The number of fused-ring (bicyclic) bond motifs is 1. The highest BCUT2D eigenvalue weighted by molar-refractivity contribution is 5.89. The van der Waals surface area contributed by atoms with Gasteiger partial charge in [-0.25, -0.2) is 9.97 Å². The summed E-state index contributed by atoms with van der Waals surface area (Å²) in [7, 11) is 6.69. The molecule has 0 fully saturated rings. The van der Waals surface area contributed by atoms with Gasteiger partial charge in [0.1, 0.15) is 11.6 Å². The van der Waals surface area contributed by atoms with Gasteiger partial charge in [-0.15, -0.1) is 0 Å². The summed E-state index contributed by atoms with van der Waals surface area (Å²) in [5, 5.41) is 8.87. The van der Waals surface area contributed by atoms with Gasteiger partial charge in [0.25, 0.3) is 0 Å². The van der Waals surface area contributed by atoms with Crippen LogP contribution in [0, 0.1) is 13.8 Å². The van der Waals surface area contributed by atoms with E-state index in [1.54, 1.807) is 26.0 Å². The van der Waals surface area contributed by atoms with Gasteiger partial charge in [-0.1, -0.05) is 0 Å². The Morgan fingerprint density at radius 1 is 1.00 bits per heavy atom. The lowest BCUT2D eigenvalue weighted by Gasteiger charge is -2.19. The highest BCUT2D eigenvalue weighted by atomic mass is 16.5. The molecule has 0 bridgehead atoms. The second-order valence-electron chi connectivity index (χ2n) is 6.35. The number of rotatable bonds is 6.